The van der Waals surface area contributed by atoms with E-state index in [1.54, 1.807) is 4.57 Å². The van der Waals surface area contributed by atoms with E-state index in [0.717, 1.165) is 16.6 Å². The van der Waals surface area contributed by atoms with Gasteiger partial charge >= 0.3 is 0 Å². The summed E-state index contributed by atoms with van der Waals surface area (Å²) in [7, 11) is 0. The standard InChI is InChI=1S/C14H20N4O/c1-8(2)16-13(19)10(4)18-12-9(3)6-5-7-11(12)17-14(18)15/h5-8,10H,1-4H3,(H2,15,17)(H,16,19). The number of nitrogen functional groups attached to an aromatic ring is 1. The van der Waals surface area contributed by atoms with E-state index in [9.17, 15) is 4.79 Å². The van der Waals surface area contributed by atoms with Gasteiger partial charge in [-0.3, -0.25) is 9.36 Å². The minimum atomic E-state index is -0.381. The van der Waals surface area contributed by atoms with Crippen LogP contribution in [-0.2, 0) is 4.79 Å². The van der Waals surface area contributed by atoms with Crippen LogP contribution in [0.1, 0.15) is 32.4 Å². The maximum absolute atomic E-state index is 12.1. The molecule has 3 N–H and O–H groups in total. The topological polar surface area (TPSA) is 72.9 Å². The Bertz CT molecular complexity index is 615. The lowest BCUT2D eigenvalue weighted by atomic mass is 10.2. The fourth-order valence-electron chi connectivity index (χ4n) is 2.25. The van der Waals surface area contributed by atoms with Gasteiger partial charge in [-0.1, -0.05) is 12.1 Å². The number of aromatic nitrogens is 2. The van der Waals surface area contributed by atoms with E-state index in [4.69, 9.17) is 5.73 Å². The van der Waals surface area contributed by atoms with Crippen molar-refractivity contribution in [1.29, 1.82) is 0 Å². The molecule has 5 nitrogen and oxygen atoms in total. The quantitative estimate of drug-likeness (QED) is 0.886. The van der Waals surface area contributed by atoms with E-state index in [-0.39, 0.29) is 18.0 Å². The summed E-state index contributed by atoms with van der Waals surface area (Å²) in [6, 6.07) is 5.56. The van der Waals surface area contributed by atoms with Gasteiger partial charge in [0.2, 0.25) is 11.9 Å². The monoisotopic (exact) mass is 260 g/mol. The number of fused-ring (bicyclic) bond motifs is 1. The number of hydrogen-bond acceptors (Lipinski definition) is 3. The number of imidazole rings is 1. The second-order valence-electron chi connectivity index (χ2n) is 5.12. The molecule has 2 rings (SSSR count). The number of benzene rings is 1. The van der Waals surface area contributed by atoms with Crippen LogP contribution in [0.3, 0.4) is 0 Å². The number of hydrogen-bond donors (Lipinski definition) is 2. The highest BCUT2D eigenvalue weighted by Gasteiger charge is 2.21. The Morgan fingerprint density at radius 3 is 2.68 bits per heavy atom. The molecule has 2 aromatic rings. The van der Waals surface area contributed by atoms with Crippen molar-refractivity contribution in [3.05, 3.63) is 23.8 Å². The van der Waals surface area contributed by atoms with Crippen molar-refractivity contribution in [3.8, 4) is 0 Å². The van der Waals surface area contributed by atoms with Crippen LogP contribution in [0, 0.1) is 6.92 Å². The second-order valence-corrected chi connectivity index (χ2v) is 5.12. The first-order valence-corrected chi connectivity index (χ1v) is 6.45. The number of rotatable bonds is 3. The minimum absolute atomic E-state index is 0.0516. The Morgan fingerprint density at radius 2 is 2.05 bits per heavy atom. The summed E-state index contributed by atoms with van der Waals surface area (Å²) in [5, 5.41) is 2.90. The van der Waals surface area contributed by atoms with E-state index < -0.39 is 0 Å². The van der Waals surface area contributed by atoms with Gasteiger partial charge in [-0.05, 0) is 39.3 Å². The molecule has 5 heteroatoms. The van der Waals surface area contributed by atoms with Crippen LogP contribution >= 0.6 is 0 Å². The molecule has 0 saturated carbocycles. The van der Waals surface area contributed by atoms with E-state index in [1.807, 2.05) is 45.9 Å². The summed E-state index contributed by atoms with van der Waals surface area (Å²) >= 11 is 0. The third-order valence-electron chi connectivity index (χ3n) is 3.14. The summed E-state index contributed by atoms with van der Waals surface area (Å²) in [4.78, 5) is 16.5. The largest absolute Gasteiger partial charge is 0.369 e. The molecule has 1 heterocycles. The van der Waals surface area contributed by atoms with Crippen LogP contribution in [0.5, 0.6) is 0 Å². The Kier molecular flexibility index (Phi) is 3.46. The zero-order valence-corrected chi connectivity index (χ0v) is 11.8. The summed E-state index contributed by atoms with van der Waals surface area (Å²) in [6.07, 6.45) is 0. The maximum Gasteiger partial charge on any atom is 0.243 e. The van der Waals surface area contributed by atoms with Crippen LogP contribution in [0.2, 0.25) is 0 Å². The lowest BCUT2D eigenvalue weighted by molar-refractivity contribution is -0.124. The summed E-state index contributed by atoms with van der Waals surface area (Å²) in [6.45, 7) is 7.70. The number of anilines is 1. The number of aryl methyl sites for hydroxylation is 1. The predicted octanol–water partition coefficient (Wildman–Crippen LogP) is 2.01. The number of nitrogens with two attached hydrogens (primary N) is 1. The highest BCUT2D eigenvalue weighted by atomic mass is 16.2. The molecule has 1 aromatic heterocycles. The molecule has 1 atom stereocenters. The molecule has 102 valence electrons. The number of carbonyl (C=O) groups is 1. The summed E-state index contributed by atoms with van der Waals surface area (Å²) in [5.74, 6) is 0.319. The maximum atomic E-state index is 12.1. The summed E-state index contributed by atoms with van der Waals surface area (Å²) < 4.78 is 1.79. The molecule has 0 aliphatic heterocycles. The predicted molar refractivity (Wildman–Crippen MR) is 76.9 cm³/mol. The number of carbonyl (C=O) groups excluding carboxylic acids is 1. The molecule has 0 radical (unpaired) electrons. The average molecular weight is 260 g/mol. The van der Waals surface area contributed by atoms with Crippen molar-refractivity contribution in [1.82, 2.24) is 14.9 Å². The Morgan fingerprint density at radius 1 is 1.37 bits per heavy atom. The molecule has 1 unspecified atom stereocenters. The van der Waals surface area contributed by atoms with Crippen LogP contribution in [-0.4, -0.2) is 21.5 Å². The number of amides is 1. The van der Waals surface area contributed by atoms with E-state index in [1.165, 1.54) is 0 Å². The van der Waals surface area contributed by atoms with Gasteiger partial charge in [-0.2, -0.15) is 0 Å². The Labute approximate surface area is 112 Å². The molecule has 0 fully saturated rings. The van der Waals surface area contributed by atoms with Gasteiger partial charge in [0, 0.05) is 6.04 Å². The molecule has 0 bridgehead atoms. The van der Waals surface area contributed by atoms with Gasteiger partial charge in [0.1, 0.15) is 6.04 Å². The lowest BCUT2D eigenvalue weighted by Gasteiger charge is -2.18. The third-order valence-corrected chi connectivity index (χ3v) is 3.14. The minimum Gasteiger partial charge on any atom is -0.369 e. The fraction of sp³-hybridized carbons (Fsp3) is 0.429. The first-order valence-electron chi connectivity index (χ1n) is 6.45. The number of nitrogens with zero attached hydrogens (tertiary/aromatic N) is 2. The Hall–Kier alpha value is -2.04. The molecule has 1 aromatic carbocycles. The Balaban J connectivity index is 2.50. The van der Waals surface area contributed by atoms with Gasteiger partial charge in [0.05, 0.1) is 11.0 Å². The molecule has 1 amide bonds. The van der Waals surface area contributed by atoms with Crippen molar-refractivity contribution < 1.29 is 4.79 Å². The molecule has 0 aliphatic rings. The number of nitrogens with one attached hydrogen (secondary N) is 1. The fourth-order valence-corrected chi connectivity index (χ4v) is 2.25. The van der Waals surface area contributed by atoms with Crippen molar-refractivity contribution in [2.45, 2.75) is 39.8 Å². The normalized spacial score (nSPS) is 12.9. The highest BCUT2D eigenvalue weighted by molar-refractivity contribution is 5.87. The zero-order chi connectivity index (χ0) is 14.2. The number of para-hydroxylation sites is 1. The van der Waals surface area contributed by atoms with Crippen molar-refractivity contribution in [2.75, 3.05) is 5.73 Å². The summed E-state index contributed by atoms with van der Waals surface area (Å²) in [5.41, 5.74) is 8.77. The van der Waals surface area contributed by atoms with Crippen molar-refractivity contribution in [2.24, 2.45) is 0 Å². The third kappa shape index (κ3) is 2.41. The molecule has 0 spiro atoms. The highest BCUT2D eigenvalue weighted by Crippen LogP contribution is 2.25. The smallest absolute Gasteiger partial charge is 0.243 e. The van der Waals surface area contributed by atoms with Gasteiger partial charge < -0.3 is 11.1 Å². The van der Waals surface area contributed by atoms with Crippen LogP contribution < -0.4 is 11.1 Å². The molecule has 19 heavy (non-hydrogen) atoms. The first kappa shape index (κ1) is 13.4. The van der Waals surface area contributed by atoms with E-state index in [0.29, 0.717) is 5.95 Å². The molecule has 0 aliphatic carbocycles. The molecular formula is C14H20N4O. The van der Waals surface area contributed by atoms with Crippen LogP contribution in [0.15, 0.2) is 18.2 Å². The van der Waals surface area contributed by atoms with E-state index in [2.05, 4.69) is 10.3 Å². The molecule has 0 saturated heterocycles. The van der Waals surface area contributed by atoms with Gasteiger partial charge in [-0.15, -0.1) is 0 Å². The average Bonchev–Trinajstić information content (AvgIpc) is 2.65. The van der Waals surface area contributed by atoms with Gasteiger partial charge in [0.25, 0.3) is 0 Å². The van der Waals surface area contributed by atoms with E-state index >= 15 is 0 Å². The lowest BCUT2D eigenvalue weighted by Crippen LogP contribution is -2.36. The zero-order valence-electron chi connectivity index (χ0n) is 11.8. The first-order chi connectivity index (χ1) is 8.91. The van der Waals surface area contributed by atoms with Crippen LogP contribution in [0.25, 0.3) is 11.0 Å². The molecular weight excluding hydrogens is 240 g/mol. The van der Waals surface area contributed by atoms with Gasteiger partial charge in [-0.25, -0.2) is 4.98 Å². The second kappa shape index (κ2) is 4.91. The van der Waals surface area contributed by atoms with Gasteiger partial charge in [0.15, 0.2) is 0 Å². The van der Waals surface area contributed by atoms with Crippen molar-refractivity contribution >= 4 is 22.9 Å². The van der Waals surface area contributed by atoms with Crippen molar-refractivity contribution in [3.63, 3.8) is 0 Å². The van der Waals surface area contributed by atoms with Crippen LogP contribution in [0.4, 0.5) is 5.95 Å². The SMILES string of the molecule is Cc1cccc2nc(N)n(C(C)C(=O)NC(C)C)c12.